The molecule has 1 aromatic carbocycles. The Bertz CT molecular complexity index is 938. The van der Waals surface area contributed by atoms with Crippen molar-refractivity contribution in [3.05, 3.63) is 83.3 Å². The highest BCUT2D eigenvalue weighted by molar-refractivity contribution is 5.92. The highest BCUT2D eigenvalue weighted by atomic mass is 16.3. The van der Waals surface area contributed by atoms with E-state index >= 15 is 0 Å². The van der Waals surface area contributed by atoms with E-state index in [0.29, 0.717) is 18.1 Å². The number of nitrogens with one attached hydrogen (secondary N) is 1. The second kappa shape index (κ2) is 8.35. The van der Waals surface area contributed by atoms with Gasteiger partial charge >= 0.3 is 0 Å². The molecule has 6 heteroatoms. The van der Waals surface area contributed by atoms with Crippen LogP contribution < -0.4 is 5.32 Å². The summed E-state index contributed by atoms with van der Waals surface area (Å²) in [4.78, 5) is 23.3. The monoisotopic (exact) mass is 376 g/mol. The minimum Gasteiger partial charge on any atom is -0.447 e. The summed E-state index contributed by atoms with van der Waals surface area (Å²) in [5.74, 6) is 0.351. The second-order valence-corrected chi connectivity index (χ2v) is 7.07. The van der Waals surface area contributed by atoms with Crippen molar-refractivity contribution in [3.8, 4) is 0 Å². The summed E-state index contributed by atoms with van der Waals surface area (Å²) in [6.07, 6.45) is 6.72. The summed E-state index contributed by atoms with van der Waals surface area (Å²) < 4.78 is 5.57. The molecule has 0 spiro atoms. The highest BCUT2D eigenvalue weighted by Crippen LogP contribution is 2.20. The van der Waals surface area contributed by atoms with E-state index < -0.39 is 0 Å². The van der Waals surface area contributed by atoms with Crippen molar-refractivity contribution in [2.45, 2.75) is 38.9 Å². The molecule has 1 N–H and O–H groups in total. The van der Waals surface area contributed by atoms with Gasteiger partial charge < -0.3 is 9.73 Å². The maximum absolute atomic E-state index is 12.6. The molecule has 3 aromatic rings. The molecule has 2 aromatic heterocycles. The van der Waals surface area contributed by atoms with Gasteiger partial charge in [0.15, 0.2) is 5.69 Å². The SMILES string of the molecule is CCC(NC(=O)c1coc(CN2CCc3ccccc3C2)n1)c1ccncc1. The topological polar surface area (TPSA) is 71.3 Å². The first-order valence-electron chi connectivity index (χ1n) is 9.67. The molecule has 4 rings (SSSR count). The number of carbonyl (C=O) groups excluding carboxylic acids is 1. The smallest absolute Gasteiger partial charge is 0.273 e. The lowest BCUT2D eigenvalue weighted by Gasteiger charge is -2.27. The summed E-state index contributed by atoms with van der Waals surface area (Å²) >= 11 is 0. The normalized spacial score (nSPS) is 15.0. The van der Waals surface area contributed by atoms with Crippen LogP contribution in [-0.2, 0) is 19.5 Å². The van der Waals surface area contributed by atoms with Gasteiger partial charge in [-0.05, 0) is 41.7 Å². The van der Waals surface area contributed by atoms with E-state index in [1.54, 1.807) is 12.4 Å². The lowest BCUT2D eigenvalue weighted by atomic mass is 10.00. The summed E-state index contributed by atoms with van der Waals surface area (Å²) in [6.45, 7) is 4.47. The fourth-order valence-corrected chi connectivity index (χ4v) is 3.62. The van der Waals surface area contributed by atoms with E-state index in [2.05, 4.69) is 44.5 Å². The Balaban J connectivity index is 1.38. The lowest BCUT2D eigenvalue weighted by Crippen LogP contribution is -2.30. The van der Waals surface area contributed by atoms with Crippen LogP contribution in [0.5, 0.6) is 0 Å². The van der Waals surface area contributed by atoms with Crippen LogP contribution in [0.15, 0.2) is 59.5 Å². The number of aromatic nitrogens is 2. The predicted molar refractivity (Wildman–Crippen MR) is 105 cm³/mol. The van der Waals surface area contributed by atoms with Crippen LogP contribution in [0.1, 0.15) is 52.5 Å². The third-order valence-electron chi connectivity index (χ3n) is 5.18. The molecule has 1 atom stereocenters. The average Bonchev–Trinajstić information content (AvgIpc) is 3.21. The molecule has 0 fully saturated rings. The zero-order chi connectivity index (χ0) is 19.3. The number of rotatable bonds is 6. The van der Waals surface area contributed by atoms with E-state index in [1.165, 1.54) is 17.4 Å². The van der Waals surface area contributed by atoms with Crippen LogP contribution >= 0.6 is 0 Å². The summed E-state index contributed by atoms with van der Waals surface area (Å²) in [7, 11) is 0. The van der Waals surface area contributed by atoms with Crippen LogP contribution in [0, 0.1) is 0 Å². The van der Waals surface area contributed by atoms with Crippen molar-refractivity contribution in [2.24, 2.45) is 0 Å². The van der Waals surface area contributed by atoms with Crippen LogP contribution in [-0.4, -0.2) is 27.3 Å². The van der Waals surface area contributed by atoms with Crippen molar-refractivity contribution in [1.29, 1.82) is 0 Å². The minimum absolute atomic E-state index is 0.0748. The van der Waals surface area contributed by atoms with Crippen molar-refractivity contribution < 1.29 is 9.21 Å². The quantitative estimate of drug-likeness (QED) is 0.713. The molecule has 6 nitrogen and oxygen atoms in total. The van der Waals surface area contributed by atoms with Gasteiger partial charge in [-0.15, -0.1) is 0 Å². The molecule has 1 unspecified atom stereocenters. The van der Waals surface area contributed by atoms with Gasteiger partial charge in [-0.25, -0.2) is 4.98 Å². The number of oxazole rings is 1. The van der Waals surface area contributed by atoms with Crippen molar-refractivity contribution in [3.63, 3.8) is 0 Å². The van der Waals surface area contributed by atoms with Gasteiger partial charge in [0.2, 0.25) is 5.89 Å². The molecule has 0 aliphatic carbocycles. The van der Waals surface area contributed by atoms with E-state index in [4.69, 9.17) is 4.42 Å². The molecule has 144 valence electrons. The van der Waals surface area contributed by atoms with Crippen LogP contribution in [0.2, 0.25) is 0 Å². The van der Waals surface area contributed by atoms with Gasteiger partial charge in [-0.3, -0.25) is 14.7 Å². The zero-order valence-electron chi connectivity index (χ0n) is 16.0. The summed E-state index contributed by atoms with van der Waals surface area (Å²) in [6, 6.07) is 12.3. The number of hydrogen-bond donors (Lipinski definition) is 1. The number of pyridine rings is 1. The molecule has 3 heterocycles. The third kappa shape index (κ3) is 4.12. The molecule has 0 bridgehead atoms. The standard InChI is InChI=1S/C22H24N4O2/c1-2-19(17-7-10-23-11-8-17)25-22(27)20-15-28-21(24-20)14-26-12-9-16-5-3-4-6-18(16)13-26/h3-8,10-11,15,19H,2,9,12-14H2,1H3,(H,25,27). The second-order valence-electron chi connectivity index (χ2n) is 7.07. The van der Waals surface area contributed by atoms with Gasteiger partial charge in [-0.2, -0.15) is 0 Å². The first-order valence-corrected chi connectivity index (χ1v) is 9.67. The number of nitrogens with zero attached hydrogens (tertiary/aromatic N) is 3. The molecule has 0 saturated carbocycles. The Morgan fingerprint density at radius 1 is 1.21 bits per heavy atom. The van der Waals surface area contributed by atoms with Gasteiger partial charge in [0.25, 0.3) is 5.91 Å². The van der Waals surface area contributed by atoms with Gasteiger partial charge in [-0.1, -0.05) is 31.2 Å². The Hall–Kier alpha value is -2.99. The number of amides is 1. The fourth-order valence-electron chi connectivity index (χ4n) is 3.62. The van der Waals surface area contributed by atoms with E-state index in [0.717, 1.165) is 31.5 Å². The fraction of sp³-hybridized carbons (Fsp3) is 0.318. The predicted octanol–water partition coefficient (Wildman–Crippen LogP) is 3.51. The first-order chi connectivity index (χ1) is 13.7. The van der Waals surface area contributed by atoms with Crippen molar-refractivity contribution >= 4 is 5.91 Å². The zero-order valence-corrected chi connectivity index (χ0v) is 16.0. The Morgan fingerprint density at radius 2 is 2.00 bits per heavy atom. The Morgan fingerprint density at radius 3 is 2.79 bits per heavy atom. The molecule has 28 heavy (non-hydrogen) atoms. The molecule has 0 radical (unpaired) electrons. The van der Waals surface area contributed by atoms with Gasteiger partial charge in [0.05, 0.1) is 12.6 Å². The van der Waals surface area contributed by atoms with E-state index in [9.17, 15) is 4.79 Å². The molecule has 1 aliphatic rings. The number of benzene rings is 1. The Labute approximate surface area is 164 Å². The van der Waals surface area contributed by atoms with E-state index in [-0.39, 0.29) is 11.9 Å². The summed E-state index contributed by atoms with van der Waals surface area (Å²) in [5, 5.41) is 3.03. The first kappa shape index (κ1) is 18.4. The molecular weight excluding hydrogens is 352 g/mol. The van der Waals surface area contributed by atoms with Crippen LogP contribution in [0.25, 0.3) is 0 Å². The maximum atomic E-state index is 12.6. The largest absolute Gasteiger partial charge is 0.447 e. The lowest BCUT2D eigenvalue weighted by molar-refractivity contribution is 0.0930. The number of fused-ring (bicyclic) bond motifs is 1. The van der Waals surface area contributed by atoms with Crippen molar-refractivity contribution in [1.82, 2.24) is 20.2 Å². The van der Waals surface area contributed by atoms with Crippen molar-refractivity contribution in [2.75, 3.05) is 6.54 Å². The van der Waals surface area contributed by atoms with Crippen LogP contribution in [0.4, 0.5) is 0 Å². The average molecular weight is 376 g/mol. The van der Waals surface area contributed by atoms with Gasteiger partial charge in [0, 0.05) is 25.5 Å². The van der Waals surface area contributed by atoms with E-state index in [1.807, 2.05) is 19.1 Å². The number of hydrogen-bond acceptors (Lipinski definition) is 5. The number of carbonyl (C=O) groups is 1. The molecular formula is C22H24N4O2. The third-order valence-corrected chi connectivity index (χ3v) is 5.18. The molecule has 0 saturated heterocycles. The Kier molecular flexibility index (Phi) is 5.48. The molecule has 1 aliphatic heterocycles. The minimum atomic E-state index is -0.220. The molecule has 1 amide bonds. The highest BCUT2D eigenvalue weighted by Gasteiger charge is 2.20. The van der Waals surface area contributed by atoms with Gasteiger partial charge in [0.1, 0.15) is 6.26 Å². The van der Waals surface area contributed by atoms with Crippen LogP contribution in [0.3, 0.4) is 0 Å². The summed E-state index contributed by atoms with van der Waals surface area (Å²) in [5.41, 5.74) is 4.11. The maximum Gasteiger partial charge on any atom is 0.273 e.